The van der Waals surface area contributed by atoms with Crippen LogP contribution in [0.3, 0.4) is 0 Å². The van der Waals surface area contributed by atoms with Gasteiger partial charge < -0.3 is 10.0 Å². The molecule has 0 heterocycles. The normalized spacial score (nSPS) is 19.0. The first-order valence-corrected chi connectivity index (χ1v) is 6.23. The molecule has 104 valence electrons. The van der Waals surface area contributed by atoms with Crippen molar-refractivity contribution in [1.29, 1.82) is 0 Å². The van der Waals surface area contributed by atoms with Gasteiger partial charge in [-0.2, -0.15) is 0 Å². The van der Waals surface area contributed by atoms with Gasteiger partial charge in [0.2, 0.25) is 0 Å². The van der Waals surface area contributed by atoms with E-state index in [9.17, 15) is 18.7 Å². The highest BCUT2D eigenvalue weighted by molar-refractivity contribution is 5.77. The minimum absolute atomic E-state index is 0.450. The van der Waals surface area contributed by atoms with E-state index in [1.165, 1.54) is 6.07 Å². The number of carboxylic acid groups (broad SMARTS) is 1. The fraction of sp³-hybridized carbons (Fsp3) is 0.500. The van der Waals surface area contributed by atoms with Crippen LogP contribution in [0.2, 0.25) is 0 Å². The number of rotatable bonds is 4. The summed E-state index contributed by atoms with van der Waals surface area (Å²) < 4.78 is 26.4. The molecule has 0 amide bonds. The van der Waals surface area contributed by atoms with Crippen LogP contribution < -0.4 is 0 Å². The molecule has 5 heteroatoms. The third kappa shape index (κ3) is 2.23. The first-order valence-electron chi connectivity index (χ1n) is 6.23. The molecule has 1 atom stereocenters. The van der Waals surface area contributed by atoms with Crippen molar-refractivity contribution in [1.82, 2.24) is 4.90 Å². The zero-order valence-electron chi connectivity index (χ0n) is 11.0. The summed E-state index contributed by atoms with van der Waals surface area (Å²) in [4.78, 5) is 13.3. The second kappa shape index (κ2) is 4.89. The topological polar surface area (TPSA) is 40.5 Å². The Labute approximate surface area is 110 Å². The van der Waals surface area contributed by atoms with Crippen LogP contribution in [0.5, 0.6) is 0 Å². The number of carboxylic acids is 1. The Morgan fingerprint density at radius 1 is 1.32 bits per heavy atom. The van der Waals surface area contributed by atoms with Crippen LogP contribution in [0.4, 0.5) is 8.78 Å². The third-order valence-corrected chi connectivity index (χ3v) is 3.97. The average molecular weight is 269 g/mol. The SMILES string of the molecule is CN(C)C(c1ccc(F)c(F)c1)C1(C(=O)O)CCC1. The second-order valence-electron chi connectivity index (χ2n) is 5.35. The standard InChI is InChI=1S/C14H17F2NO2/c1-17(2)12(14(13(18)19)6-3-7-14)9-4-5-10(15)11(16)8-9/h4-5,8,12H,3,6-7H2,1-2H3,(H,18,19). The van der Waals surface area contributed by atoms with Crippen molar-refractivity contribution in [2.24, 2.45) is 5.41 Å². The number of benzene rings is 1. The summed E-state index contributed by atoms with van der Waals surface area (Å²) in [6, 6.07) is 3.17. The van der Waals surface area contributed by atoms with Gasteiger partial charge in [-0.1, -0.05) is 12.5 Å². The minimum Gasteiger partial charge on any atom is -0.481 e. The molecule has 1 aromatic carbocycles. The number of halogens is 2. The van der Waals surface area contributed by atoms with Gasteiger partial charge in [-0.05, 0) is 44.6 Å². The van der Waals surface area contributed by atoms with Crippen molar-refractivity contribution in [3.63, 3.8) is 0 Å². The predicted molar refractivity (Wildman–Crippen MR) is 66.7 cm³/mol. The van der Waals surface area contributed by atoms with Crippen LogP contribution in [-0.4, -0.2) is 30.1 Å². The van der Waals surface area contributed by atoms with Gasteiger partial charge in [0.25, 0.3) is 0 Å². The average Bonchev–Trinajstić information content (AvgIpc) is 2.26. The van der Waals surface area contributed by atoms with E-state index in [1.807, 2.05) is 0 Å². The van der Waals surface area contributed by atoms with Gasteiger partial charge in [0, 0.05) is 0 Å². The number of hydrogen-bond donors (Lipinski definition) is 1. The van der Waals surface area contributed by atoms with E-state index in [4.69, 9.17) is 0 Å². The molecule has 1 saturated carbocycles. The Bertz CT molecular complexity index is 498. The number of carbonyl (C=O) groups is 1. The van der Waals surface area contributed by atoms with Gasteiger partial charge in [-0.3, -0.25) is 4.79 Å². The Kier molecular flexibility index (Phi) is 3.58. The van der Waals surface area contributed by atoms with Crippen LogP contribution in [0.15, 0.2) is 18.2 Å². The molecular formula is C14H17F2NO2. The fourth-order valence-corrected chi connectivity index (χ4v) is 2.96. The van der Waals surface area contributed by atoms with E-state index in [1.54, 1.807) is 19.0 Å². The maximum absolute atomic E-state index is 13.4. The second-order valence-corrected chi connectivity index (χ2v) is 5.35. The van der Waals surface area contributed by atoms with Crippen LogP contribution in [0.1, 0.15) is 30.9 Å². The fourth-order valence-electron chi connectivity index (χ4n) is 2.96. The summed E-state index contributed by atoms with van der Waals surface area (Å²) >= 11 is 0. The molecule has 2 rings (SSSR count). The molecule has 3 nitrogen and oxygen atoms in total. The lowest BCUT2D eigenvalue weighted by Gasteiger charge is -2.47. The van der Waals surface area contributed by atoms with Gasteiger partial charge >= 0.3 is 5.97 Å². The molecule has 1 aliphatic carbocycles. The maximum atomic E-state index is 13.4. The lowest BCUT2D eigenvalue weighted by Crippen LogP contribution is -2.48. The Balaban J connectivity index is 2.45. The van der Waals surface area contributed by atoms with E-state index in [-0.39, 0.29) is 0 Å². The van der Waals surface area contributed by atoms with Crippen LogP contribution in [0.25, 0.3) is 0 Å². The highest BCUT2D eigenvalue weighted by Gasteiger charge is 2.52. The summed E-state index contributed by atoms with van der Waals surface area (Å²) in [6.07, 6.45) is 1.97. The largest absolute Gasteiger partial charge is 0.481 e. The van der Waals surface area contributed by atoms with Gasteiger partial charge in [-0.25, -0.2) is 8.78 Å². The van der Waals surface area contributed by atoms with E-state index in [0.717, 1.165) is 18.6 Å². The summed E-state index contributed by atoms with van der Waals surface area (Å²) in [6.45, 7) is 0. The molecule has 1 fully saturated rings. The molecule has 1 aromatic rings. The molecule has 0 aromatic heterocycles. The van der Waals surface area contributed by atoms with Gasteiger partial charge in [0.1, 0.15) is 0 Å². The van der Waals surface area contributed by atoms with Crippen molar-refractivity contribution < 1.29 is 18.7 Å². The molecule has 0 radical (unpaired) electrons. The Morgan fingerprint density at radius 3 is 2.32 bits per heavy atom. The molecule has 0 spiro atoms. The summed E-state index contributed by atoms with van der Waals surface area (Å²) in [5, 5.41) is 9.49. The number of aliphatic carboxylic acids is 1. The van der Waals surface area contributed by atoms with Crippen molar-refractivity contribution in [3.05, 3.63) is 35.4 Å². The van der Waals surface area contributed by atoms with Crippen molar-refractivity contribution in [2.75, 3.05) is 14.1 Å². The molecule has 1 N–H and O–H groups in total. The predicted octanol–water partition coefficient (Wildman–Crippen LogP) is 2.82. The van der Waals surface area contributed by atoms with Crippen molar-refractivity contribution in [3.8, 4) is 0 Å². The quantitative estimate of drug-likeness (QED) is 0.913. The van der Waals surface area contributed by atoms with E-state index in [2.05, 4.69) is 0 Å². The lowest BCUT2D eigenvalue weighted by molar-refractivity contribution is -0.161. The lowest BCUT2D eigenvalue weighted by atomic mass is 9.62. The third-order valence-electron chi connectivity index (χ3n) is 3.97. The molecule has 19 heavy (non-hydrogen) atoms. The molecule has 1 unspecified atom stereocenters. The summed E-state index contributed by atoms with van der Waals surface area (Å²) in [5.74, 6) is -2.73. The van der Waals surface area contributed by atoms with Crippen molar-refractivity contribution >= 4 is 5.97 Å². The zero-order valence-corrected chi connectivity index (χ0v) is 11.0. The van der Waals surface area contributed by atoms with Gasteiger partial charge in [0.05, 0.1) is 11.5 Å². The Hall–Kier alpha value is -1.49. The maximum Gasteiger partial charge on any atom is 0.311 e. The molecule has 0 saturated heterocycles. The Morgan fingerprint density at radius 2 is 1.95 bits per heavy atom. The van der Waals surface area contributed by atoms with Gasteiger partial charge in [-0.15, -0.1) is 0 Å². The van der Waals surface area contributed by atoms with Crippen molar-refractivity contribution in [2.45, 2.75) is 25.3 Å². The molecule has 0 bridgehead atoms. The first kappa shape index (κ1) is 13.9. The minimum atomic E-state index is -0.941. The highest BCUT2D eigenvalue weighted by atomic mass is 19.2. The molecule has 0 aliphatic heterocycles. The monoisotopic (exact) mass is 269 g/mol. The van der Waals surface area contributed by atoms with Crippen LogP contribution >= 0.6 is 0 Å². The highest BCUT2D eigenvalue weighted by Crippen LogP contribution is 2.52. The van der Waals surface area contributed by atoms with E-state index in [0.29, 0.717) is 18.4 Å². The van der Waals surface area contributed by atoms with Crippen LogP contribution in [-0.2, 0) is 4.79 Å². The first-order chi connectivity index (χ1) is 8.88. The zero-order chi connectivity index (χ0) is 14.2. The smallest absolute Gasteiger partial charge is 0.311 e. The summed E-state index contributed by atoms with van der Waals surface area (Å²) in [7, 11) is 3.52. The summed E-state index contributed by atoms with van der Waals surface area (Å²) in [5.41, 5.74) is -0.390. The molecule has 1 aliphatic rings. The number of nitrogens with zero attached hydrogens (tertiary/aromatic N) is 1. The van der Waals surface area contributed by atoms with E-state index >= 15 is 0 Å². The van der Waals surface area contributed by atoms with Gasteiger partial charge in [0.15, 0.2) is 11.6 Å². The van der Waals surface area contributed by atoms with Crippen LogP contribution in [0, 0.1) is 17.0 Å². The van der Waals surface area contributed by atoms with E-state index < -0.39 is 29.1 Å². The number of hydrogen-bond acceptors (Lipinski definition) is 2. The molecular weight excluding hydrogens is 252 g/mol.